The molecule has 0 heterocycles. The Morgan fingerprint density at radius 1 is 1.00 bits per heavy atom. The van der Waals surface area contributed by atoms with Gasteiger partial charge in [-0.2, -0.15) is 0 Å². The molecule has 2 amide bonds. The largest absolute Gasteiger partial charge is 0.496 e. The fraction of sp³-hybridized carbons (Fsp3) is 0.190. The SMILES string of the molecule is COc1ccccc1C(=O)N/C(=C/c1ccccc1)C(=O)NCCOC(C)=O. The molecular weight excluding hydrogens is 360 g/mol. The summed E-state index contributed by atoms with van der Waals surface area (Å²) in [6, 6.07) is 15.8. The molecule has 0 bridgehead atoms. The van der Waals surface area contributed by atoms with E-state index in [1.807, 2.05) is 18.2 Å². The van der Waals surface area contributed by atoms with Crippen molar-refractivity contribution in [1.82, 2.24) is 10.6 Å². The predicted molar refractivity (Wildman–Crippen MR) is 105 cm³/mol. The number of methoxy groups -OCH3 is 1. The van der Waals surface area contributed by atoms with Crippen LogP contribution in [0.15, 0.2) is 60.3 Å². The summed E-state index contributed by atoms with van der Waals surface area (Å²) >= 11 is 0. The first-order valence-electron chi connectivity index (χ1n) is 8.64. The van der Waals surface area contributed by atoms with Gasteiger partial charge in [-0.1, -0.05) is 42.5 Å². The smallest absolute Gasteiger partial charge is 0.302 e. The molecular formula is C21H22N2O5. The normalized spacial score (nSPS) is 10.7. The Kier molecular flexibility index (Phi) is 7.77. The third-order valence-electron chi connectivity index (χ3n) is 3.65. The van der Waals surface area contributed by atoms with E-state index < -0.39 is 17.8 Å². The van der Waals surface area contributed by atoms with Crippen LogP contribution in [0.4, 0.5) is 0 Å². The molecule has 2 rings (SSSR count). The van der Waals surface area contributed by atoms with E-state index in [0.717, 1.165) is 5.56 Å². The van der Waals surface area contributed by atoms with Crippen molar-refractivity contribution in [2.24, 2.45) is 0 Å². The van der Waals surface area contributed by atoms with E-state index in [4.69, 9.17) is 9.47 Å². The van der Waals surface area contributed by atoms with Crippen molar-refractivity contribution in [2.45, 2.75) is 6.92 Å². The third kappa shape index (κ3) is 6.28. The number of benzene rings is 2. The quantitative estimate of drug-likeness (QED) is 0.414. The Balaban J connectivity index is 2.18. The highest BCUT2D eigenvalue weighted by Gasteiger charge is 2.17. The molecule has 2 N–H and O–H groups in total. The van der Waals surface area contributed by atoms with Crippen molar-refractivity contribution in [2.75, 3.05) is 20.3 Å². The molecule has 0 atom stereocenters. The van der Waals surface area contributed by atoms with Gasteiger partial charge in [0, 0.05) is 6.92 Å². The van der Waals surface area contributed by atoms with Crippen molar-refractivity contribution < 1.29 is 23.9 Å². The van der Waals surface area contributed by atoms with Gasteiger partial charge in [0.05, 0.1) is 19.2 Å². The summed E-state index contributed by atoms with van der Waals surface area (Å²) in [4.78, 5) is 36.0. The number of esters is 1. The van der Waals surface area contributed by atoms with Gasteiger partial charge < -0.3 is 20.1 Å². The van der Waals surface area contributed by atoms with E-state index >= 15 is 0 Å². The molecule has 7 nitrogen and oxygen atoms in total. The van der Waals surface area contributed by atoms with Gasteiger partial charge in [-0.05, 0) is 23.8 Å². The minimum atomic E-state index is -0.501. The molecule has 0 unspecified atom stereocenters. The molecule has 0 fully saturated rings. The molecule has 0 saturated heterocycles. The van der Waals surface area contributed by atoms with E-state index in [-0.39, 0.29) is 18.8 Å². The van der Waals surface area contributed by atoms with Crippen molar-refractivity contribution >= 4 is 23.9 Å². The van der Waals surface area contributed by atoms with Crippen LogP contribution >= 0.6 is 0 Å². The topological polar surface area (TPSA) is 93.7 Å². The molecule has 0 radical (unpaired) electrons. The minimum absolute atomic E-state index is 0.0418. The maximum atomic E-state index is 12.7. The zero-order valence-electron chi connectivity index (χ0n) is 15.7. The maximum Gasteiger partial charge on any atom is 0.302 e. The van der Waals surface area contributed by atoms with E-state index in [2.05, 4.69) is 10.6 Å². The highest BCUT2D eigenvalue weighted by Crippen LogP contribution is 2.17. The van der Waals surface area contributed by atoms with Gasteiger partial charge in [0.15, 0.2) is 0 Å². The molecule has 146 valence electrons. The molecule has 2 aromatic rings. The van der Waals surface area contributed by atoms with Crippen LogP contribution in [0.25, 0.3) is 6.08 Å². The second kappa shape index (κ2) is 10.5. The highest BCUT2D eigenvalue weighted by atomic mass is 16.5. The first-order valence-corrected chi connectivity index (χ1v) is 8.64. The van der Waals surface area contributed by atoms with Crippen molar-refractivity contribution in [3.05, 3.63) is 71.4 Å². The van der Waals surface area contributed by atoms with Gasteiger partial charge in [-0.3, -0.25) is 14.4 Å². The van der Waals surface area contributed by atoms with E-state index in [0.29, 0.717) is 11.3 Å². The van der Waals surface area contributed by atoms with Crippen LogP contribution < -0.4 is 15.4 Å². The summed E-state index contributed by atoms with van der Waals surface area (Å²) in [5, 5.41) is 5.24. The molecule has 2 aromatic carbocycles. The highest BCUT2D eigenvalue weighted by molar-refractivity contribution is 6.06. The second-order valence-corrected chi connectivity index (χ2v) is 5.72. The fourth-order valence-electron chi connectivity index (χ4n) is 2.35. The number of carbonyl (C=O) groups excluding carboxylic acids is 3. The van der Waals surface area contributed by atoms with E-state index in [1.54, 1.807) is 42.5 Å². The lowest BCUT2D eigenvalue weighted by atomic mass is 10.1. The Labute approximate surface area is 163 Å². The Morgan fingerprint density at radius 3 is 2.36 bits per heavy atom. The first-order chi connectivity index (χ1) is 13.5. The fourth-order valence-corrected chi connectivity index (χ4v) is 2.35. The second-order valence-electron chi connectivity index (χ2n) is 5.72. The van der Waals surface area contributed by atoms with Gasteiger partial charge >= 0.3 is 5.97 Å². The predicted octanol–water partition coefficient (Wildman–Crippen LogP) is 2.15. The summed E-state index contributed by atoms with van der Waals surface area (Å²) in [5.74, 6) is -1.01. The van der Waals surface area contributed by atoms with Crippen LogP contribution in [0.5, 0.6) is 5.75 Å². The van der Waals surface area contributed by atoms with Crippen molar-refractivity contribution in [3.8, 4) is 5.75 Å². The monoisotopic (exact) mass is 382 g/mol. The molecule has 0 aliphatic carbocycles. The van der Waals surface area contributed by atoms with Gasteiger partial charge in [-0.15, -0.1) is 0 Å². The van der Waals surface area contributed by atoms with Gasteiger partial charge in [0.1, 0.15) is 18.1 Å². The molecule has 0 saturated carbocycles. The maximum absolute atomic E-state index is 12.7. The summed E-state index contributed by atoms with van der Waals surface area (Å²) in [5.41, 5.74) is 1.11. The first kappa shape index (κ1) is 20.7. The number of para-hydroxylation sites is 1. The number of ether oxygens (including phenoxy) is 2. The van der Waals surface area contributed by atoms with Gasteiger partial charge in [0.25, 0.3) is 11.8 Å². The lowest BCUT2D eigenvalue weighted by molar-refractivity contribution is -0.141. The average molecular weight is 382 g/mol. The number of rotatable bonds is 8. The van der Waals surface area contributed by atoms with Gasteiger partial charge in [-0.25, -0.2) is 0 Å². The minimum Gasteiger partial charge on any atom is -0.496 e. The third-order valence-corrected chi connectivity index (χ3v) is 3.65. The van der Waals surface area contributed by atoms with E-state index in [9.17, 15) is 14.4 Å². The summed E-state index contributed by atoms with van der Waals surface area (Å²) in [6.45, 7) is 1.45. The van der Waals surface area contributed by atoms with Crippen molar-refractivity contribution in [1.29, 1.82) is 0 Å². The van der Waals surface area contributed by atoms with Crippen LogP contribution in [0.3, 0.4) is 0 Å². The Morgan fingerprint density at radius 2 is 1.68 bits per heavy atom. The molecule has 7 heteroatoms. The Bertz CT molecular complexity index is 862. The number of hydrogen-bond acceptors (Lipinski definition) is 5. The molecule has 0 spiro atoms. The standard InChI is InChI=1S/C21H22N2O5/c1-15(24)28-13-12-22-21(26)18(14-16-8-4-3-5-9-16)23-20(25)17-10-6-7-11-19(17)27-2/h3-11,14H,12-13H2,1-2H3,(H,22,26)(H,23,25)/b18-14+. The van der Waals surface area contributed by atoms with Gasteiger partial charge in [0.2, 0.25) is 0 Å². The summed E-state index contributed by atoms with van der Waals surface area (Å²) < 4.78 is 9.99. The summed E-state index contributed by atoms with van der Waals surface area (Å²) in [7, 11) is 1.47. The van der Waals surface area contributed by atoms with Crippen molar-refractivity contribution in [3.63, 3.8) is 0 Å². The van der Waals surface area contributed by atoms with Crippen LogP contribution in [0.1, 0.15) is 22.8 Å². The number of amides is 2. The lowest BCUT2D eigenvalue weighted by Gasteiger charge is -2.13. The summed E-state index contributed by atoms with van der Waals surface area (Å²) in [6.07, 6.45) is 1.56. The van der Waals surface area contributed by atoms with Crippen LogP contribution in [0, 0.1) is 0 Å². The lowest BCUT2D eigenvalue weighted by Crippen LogP contribution is -2.36. The van der Waals surface area contributed by atoms with Crippen LogP contribution in [0.2, 0.25) is 0 Å². The van der Waals surface area contributed by atoms with Crippen LogP contribution in [-0.4, -0.2) is 38.0 Å². The molecule has 0 aliphatic rings. The van der Waals surface area contributed by atoms with Crippen LogP contribution in [-0.2, 0) is 14.3 Å². The van der Waals surface area contributed by atoms with E-state index in [1.165, 1.54) is 14.0 Å². The number of carbonyl (C=O) groups is 3. The zero-order chi connectivity index (χ0) is 20.4. The molecule has 28 heavy (non-hydrogen) atoms. The number of hydrogen-bond donors (Lipinski definition) is 2. The zero-order valence-corrected chi connectivity index (χ0v) is 15.7. The average Bonchev–Trinajstić information content (AvgIpc) is 2.71. The molecule has 0 aliphatic heterocycles. The molecule has 0 aromatic heterocycles. The number of nitrogens with one attached hydrogen (secondary N) is 2. The Hall–Kier alpha value is -3.61.